The minimum absolute atomic E-state index is 0.647. The van der Waals surface area contributed by atoms with Crippen LogP contribution in [0.2, 0.25) is 0 Å². The first kappa shape index (κ1) is 15.3. The highest BCUT2D eigenvalue weighted by atomic mass is 32.1. The molecule has 6 nitrogen and oxygen atoms in total. The van der Waals surface area contributed by atoms with Crippen molar-refractivity contribution in [1.29, 1.82) is 0 Å². The summed E-state index contributed by atoms with van der Waals surface area (Å²) in [7, 11) is 0. The van der Waals surface area contributed by atoms with Crippen LogP contribution in [0.4, 0.5) is 11.8 Å². The maximum absolute atomic E-state index is 5.44. The topological polar surface area (TPSA) is 63.2 Å². The van der Waals surface area contributed by atoms with Gasteiger partial charge in [-0.1, -0.05) is 29.8 Å². The van der Waals surface area contributed by atoms with Gasteiger partial charge in [-0.2, -0.15) is 4.98 Å². The van der Waals surface area contributed by atoms with E-state index in [-0.39, 0.29) is 0 Å². The van der Waals surface area contributed by atoms with Crippen LogP contribution < -0.4 is 10.2 Å². The summed E-state index contributed by atoms with van der Waals surface area (Å²) in [6.07, 6.45) is 0. The number of nitrogens with zero attached hydrogens (tertiary/aromatic N) is 4. The Morgan fingerprint density at radius 1 is 1.17 bits per heavy atom. The molecule has 7 heteroatoms. The molecule has 0 saturated carbocycles. The first-order valence-electron chi connectivity index (χ1n) is 8.03. The van der Waals surface area contributed by atoms with Gasteiger partial charge in [0.2, 0.25) is 5.95 Å². The predicted molar refractivity (Wildman–Crippen MR) is 96.7 cm³/mol. The van der Waals surface area contributed by atoms with Crippen molar-refractivity contribution in [2.24, 2.45) is 0 Å². The Kier molecular flexibility index (Phi) is 4.27. The largest absolute Gasteiger partial charge is 0.378 e. The Balaban J connectivity index is 1.59. The molecule has 124 valence electrons. The van der Waals surface area contributed by atoms with Gasteiger partial charge in [-0.3, -0.25) is 0 Å². The number of anilines is 2. The van der Waals surface area contributed by atoms with Gasteiger partial charge < -0.3 is 15.0 Å². The summed E-state index contributed by atoms with van der Waals surface area (Å²) in [5.41, 5.74) is 5.17. The zero-order chi connectivity index (χ0) is 16.4. The van der Waals surface area contributed by atoms with Gasteiger partial charge in [0.15, 0.2) is 10.6 Å². The lowest BCUT2D eigenvalue weighted by Gasteiger charge is -2.28. The molecule has 2 aromatic heterocycles. The highest BCUT2D eigenvalue weighted by molar-refractivity contribution is 7.16. The van der Waals surface area contributed by atoms with Crippen molar-refractivity contribution >= 4 is 33.5 Å². The van der Waals surface area contributed by atoms with E-state index >= 15 is 0 Å². The number of thiazole rings is 1. The maximum atomic E-state index is 5.44. The monoisotopic (exact) mass is 341 g/mol. The molecule has 3 heterocycles. The molecule has 0 bridgehead atoms. The number of benzene rings is 1. The SMILES string of the molecule is Cc1ccc(CNc2nc(N3CCOCC3)c3ncsc3n2)cc1. The number of hydrogen-bond acceptors (Lipinski definition) is 7. The second-order valence-corrected chi connectivity index (χ2v) is 6.65. The highest BCUT2D eigenvalue weighted by Gasteiger charge is 2.19. The summed E-state index contributed by atoms with van der Waals surface area (Å²) in [5.74, 6) is 1.55. The number of morpholine rings is 1. The number of rotatable bonds is 4. The molecule has 1 N–H and O–H groups in total. The fourth-order valence-electron chi connectivity index (χ4n) is 2.71. The normalized spacial score (nSPS) is 15.0. The molecule has 0 unspecified atom stereocenters. The van der Waals surface area contributed by atoms with Gasteiger partial charge in [-0.15, -0.1) is 11.3 Å². The van der Waals surface area contributed by atoms with E-state index in [4.69, 9.17) is 9.72 Å². The lowest BCUT2D eigenvalue weighted by atomic mass is 10.1. The van der Waals surface area contributed by atoms with E-state index in [0.29, 0.717) is 12.5 Å². The van der Waals surface area contributed by atoms with Crippen molar-refractivity contribution in [2.75, 3.05) is 36.5 Å². The molecule has 1 aliphatic heterocycles. The van der Waals surface area contributed by atoms with Crippen LogP contribution in [0.5, 0.6) is 0 Å². The Labute approximate surface area is 144 Å². The molecule has 0 spiro atoms. The lowest BCUT2D eigenvalue weighted by molar-refractivity contribution is 0.122. The average molecular weight is 341 g/mol. The standard InChI is InChI=1S/C17H19N5OS/c1-12-2-4-13(5-3-12)10-18-17-20-15(22-6-8-23-9-7-22)14-16(21-17)24-11-19-14/h2-5,11H,6-10H2,1H3,(H,18,20,21). The smallest absolute Gasteiger partial charge is 0.226 e. The van der Waals surface area contributed by atoms with Gasteiger partial charge in [0.25, 0.3) is 0 Å². The fraction of sp³-hybridized carbons (Fsp3) is 0.353. The third kappa shape index (κ3) is 3.18. The molecule has 24 heavy (non-hydrogen) atoms. The van der Waals surface area contributed by atoms with E-state index in [9.17, 15) is 0 Å². The Hall–Kier alpha value is -2.25. The number of aryl methyl sites for hydroxylation is 1. The molecule has 0 amide bonds. The molecule has 3 aromatic rings. The summed E-state index contributed by atoms with van der Waals surface area (Å²) in [5, 5.41) is 3.34. The average Bonchev–Trinajstić information content (AvgIpc) is 3.10. The van der Waals surface area contributed by atoms with Gasteiger partial charge in [0.1, 0.15) is 5.52 Å². The van der Waals surface area contributed by atoms with Crippen LogP contribution in [0.15, 0.2) is 29.8 Å². The Morgan fingerprint density at radius 3 is 2.75 bits per heavy atom. The maximum Gasteiger partial charge on any atom is 0.226 e. The molecule has 4 rings (SSSR count). The molecular formula is C17H19N5OS. The summed E-state index contributed by atoms with van der Waals surface area (Å²) < 4.78 is 5.44. The Bertz CT molecular complexity index is 827. The third-order valence-electron chi connectivity index (χ3n) is 4.06. The van der Waals surface area contributed by atoms with Crippen LogP contribution in [0.1, 0.15) is 11.1 Å². The zero-order valence-corrected chi connectivity index (χ0v) is 14.3. The first-order valence-corrected chi connectivity index (χ1v) is 8.91. The summed E-state index contributed by atoms with van der Waals surface area (Å²) >= 11 is 1.54. The van der Waals surface area contributed by atoms with E-state index < -0.39 is 0 Å². The first-order chi connectivity index (χ1) is 11.8. The van der Waals surface area contributed by atoms with E-state index in [0.717, 1.165) is 42.5 Å². The predicted octanol–water partition coefficient (Wildman–Crippen LogP) is 2.84. The molecule has 1 fully saturated rings. The summed E-state index contributed by atoms with van der Waals surface area (Å²) in [4.78, 5) is 16.9. The fourth-order valence-corrected chi connectivity index (χ4v) is 3.36. The second kappa shape index (κ2) is 6.70. The van der Waals surface area contributed by atoms with Crippen molar-refractivity contribution in [2.45, 2.75) is 13.5 Å². The second-order valence-electron chi connectivity index (χ2n) is 5.82. The summed E-state index contributed by atoms with van der Waals surface area (Å²) in [6.45, 7) is 5.91. The third-order valence-corrected chi connectivity index (χ3v) is 4.78. The number of nitrogens with one attached hydrogen (secondary N) is 1. The number of ether oxygens (including phenoxy) is 1. The van der Waals surface area contributed by atoms with Crippen LogP contribution in [-0.2, 0) is 11.3 Å². The van der Waals surface area contributed by atoms with Crippen molar-refractivity contribution in [1.82, 2.24) is 15.0 Å². The number of fused-ring (bicyclic) bond motifs is 1. The minimum Gasteiger partial charge on any atom is -0.378 e. The number of hydrogen-bond donors (Lipinski definition) is 1. The van der Waals surface area contributed by atoms with Crippen molar-refractivity contribution in [3.63, 3.8) is 0 Å². The summed E-state index contributed by atoms with van der Waals surface area (Å²) in [6, 6.07) is 8.47. The molecule has 1 aromatic carbocycles. The molecule has 0 radical (unpaired) electrons. The van der Waals surface area contributed by atoms with Crippen LogP contribution >= 0.6 is 11.3 Å². The van der Waals surface area contributed by atoms with Crippen molar-refractivity contribution in [3.05, 3.63) is 40.9 Å². The van der Waals surface area contributed by atoms with Crippen LogP contribution in [0.3, 0.4) is 0 Å². The minimum atomic E-state index is 0.647. The molecule has 1 saturated heterocycles. The van der Waals surface area contributed by atoms with E-state index in [1.165, 1.54) is 11.1 Å². The van der Waals surface area contributed by atoms with Gasteiger partial charge in [0.05, 0.1) is 18.7 Å². The Morgan fingerprint density at radius 2 is 1.96 bits per heavy atom. The number of aromatic nitrogens is 3. The molecular weight excluding hydrogens is 322 g/mol. The highest BCUT2D eigenvalue weighted by Crippen LogP contribution is 2.27. The lowest BCUT2D eigenvalue weighted by Crippen LogP contribution is -2.37. The van der Waals surface area contributed by atoms with Gasteiger partial charge in [-0.05, 0) is 12.5 Å². The molecule has 0 atom stereocenters. The molecule has 0 aliphatic carbocycles. The van der Waals surface area contributed by atoms with Gasteiger partial charge in [-0.25, -0.2) is 9.97 Å². The quantitative estimate of drug-likeness (QED) is 0.787. The van der Waals surface area contributed by atoms with E-state index in [1.54, 1.807) is 11.3 Å². The zero-order valence-electron chi connectivity index (χ0n) is 13.5. The van der Waals surface area contributed by atoms with Gasteiger partial charge >= 0.3 is 0 Å². The molecule has 1 aliphatic rings. The van der Waals surface area contributed by atoms with E-state index in [2.05, 4.69) is 51.4 Å². The van der Waals surface area contributed by atoms with Crippen molar-refractivity contribution < 1.29 is 4.74 Å². The van der Waals surface area contributed by atoms with Crippen LogP contribution in [0.25, 0.3) is 10.3 Å². The van der Waals surface area contributed by atoms with Gasteiger partial charge in [0, 0.05) is 19.6 Å². The van der Waals surface area contributed by atoms with Crippen molar-refractivity contribution in [3.8, 4) is 0 Å². The van der Waals surface area contributed by atoms with E-state index in [1.807, 2.05) is 5.51 Å². The van der Waals surface area contributed by atoms with Crippen LogP contribution in [0, 0.1) is 6.92 Å². The van der Waals surface area contributed by atoms with Crippen LogP contribution in [-0.4, -0.2) is 41.3 Å².